The van der Waals surface area contributed by atoms with Gasteiger partial charge in [0.25, 0.3) is 0 Å². The molecule has 0 atom stereocenters. The topological polar surface area (TPSA) is 30.5 Å². The minimum atomic E-state index is -0.379. The summed E-state index contributed by atoms with van der Waals surface area (Å²) in [7, 11) is 1.60. The Morgan fingerprint density at radius 2 is 2.11 bits per heavy atom. The minimum Gasteiger partial charge on any atom is -0.493 e. The molecule has 0 unspecified atom stereocenters. The molecule has 1 rings (SSSR count). The van der Waals surface area contributed by atoms with Crippen LogP contribution in [0, 0.1) is 0 Å². The van der Waals surface area contributed by atoms with Gasteiger partial charge in [-0.2, -0.15) is 0 Å². The second-order valence-corrected chi connectivity index (χ2v) is 5.39. The van der Waals surface area contributed by atoms with E-state index in [1.54, 1.807) is 7.11 Å². The van der Waals surface area contributed by atoms with Gasteiger partial charge in [0, 0.05) is 19.0 Å². The molecule has 19 heavy (non-hydrogen) atoms. The van der Waals surface area contributed by atoms with E-state index < -0.39 is 0 Å². The molecule has 0 radical (unpaired) electrons. The predicted molar refractivity (Wildman–Crippen MR) is 78.8 cm³/mol. The molecule has 0 saturated heterocycles. The maximum Gasteiger partial charge on any atom is 0.175 e. The molecular formula is C14H21BrFNO2. The van der Waals surface area contributed by atoms with Gasteiger partial charge in [0.1, 0.15) is 0 Å². The number of hydrogen-bond donors (Lipinski definition) is 1. The Morgan fingerprint density at radius 3 is 2.68 bits per heavy atom. The van der Waals surface area contributed by atoms with E-state index in [-0.39, 0.29) is 6.67 Å². The lowest BCUT2D eigenvalue weighted by Gasteiger charge is -2.15. The van der Waals surface area contributed by atoms with Crippen LogP contribution in [0.4, 0.5) is 4.39 Å². The zero-order valence-corrected chi connectivity index (χ0v) is 13.2. The molecule has 0 heterocycles. The number of hydrogen-bond acceptors (Lipinski definition) is 3. The molecular weight excluding hydrogens is 313 g/mol. The van der Waals surface area contributed by atoms with Crippen molar-refractivity contribution >= 4 is 15.9 Å². The van der Waals surface area contributed by atoms with Gasteiger partial charge in [0.2, 0.25) is 0 Å². The predicted octanol–water partition coefficient (Wildman–Crippen LogP) is 3.69. The first-order valence-electron chi connectivity index (χ1n) is 6.37. The van der Waals surface area contributed by atoms with Crippen LogP contribution in [-0.2, 0) is 6.54 Å². The first kappa shape index (κ1) is 16.2. The van der Waals surface area contributed by atoms with Crippen molar-refractivity contribution in [2.45, 2.75) is 32.9 Å². The Kier molecular flexibility index (Phi) is 7.16. The first-order chi connectivity index (χ1) is 9.08. The second kappa shape index (κ2) is 8.38. The Balaban J connectivity index is 2.81. The quantitative estimate of drug-likeness (QED) is 0.736. The third-order valence-electron chi connectivity index (χ3n) is 2.53. The summed E-state index contributed by atoms with van der Waals surface area (Å²) in [6.45, 7) is 4.92. The fraction of sp³-hybridized carbons (Fsp3) is 0.571. The molecule has 0 aliphatic rings. The normalized spacial score (nSPS) is 10.8. The summed E-state index contributed by atoms with van der Waals surface area (Å²) in [6.07, 6.45) is 0.381. The van der Waals surface area contributed by atoms with Crippen LogP contribution >= 0.6 is 15.9 Å². The van der Waals surface area contributed by atoms with Gasteiger partial charge >= 0.3 is 0 Å². The van der Waals surface area contributed by atoms with E-state index >= 15 is 0 Å². The lowest BCUT2D eigenvalue weighted by Crippen LogP contribution is -2.21. The summed E-state index contributed by atoms with van der Waals surface area (Å²) in [5.41, 5.74) is 1.11. The van der Waals surface area contributed by atoms with Crippen molar-refractivity contribution in [1.82, 2.24) is 5.32 Å². The fourth-order valence-electron chi connectivity index (χ4n) is 1.57. The Bertz CT molecular complexity index is 399. The highest BCUT2D eigenvalue weighted by molar-refractivity contribution is 9.10. The van der Waals surface area contributed by atoms with E-state index in [0.717, 1.165) is 16.6 Å². The van der Waals surface area contributed by atoms with Gasteiger partial charge in [-0.3, -0.25) is 4.39 Å². The van der Waals surface area contributed by atoms with Gasteiger partial charge in [-0.05, 0) is 33.6 Å². The highest BCUT2D eigenvalue weighted by Gasteiger charge is 2.11. The van der Waals surface area contributed by atoms with Crippen LogP contribution in [0.3, 0.4) is 0 Å². The molecule has 0 saturated carbocycles. The van der Waals surface area contributed by atoms with E-state index in [4.69, 9.17) is 9.47 Å². The zero-order chi connectivity index (χ0) is 14.3. The van der Waals surface area contributed by atoms with Crippen molar-refractivity contribution in [3.63, 3.8) is 0 Å². The molecule has 0 aromatic heterocycles. The summed E-state index contributed by atoms with van der Waals surface area (Å²) < 4.78 is 23.8. The third kappa shape index (κ3) is 5.37. The SMILES string of the molecule is COc1cc(CNC(C)C)cc(Br)c1OCCCF. The van der Waals surface area contributed by atoms with Crippen molar-refractivity contribution in [2.75, 3.05) is 20.4 Å². The maximum absolute atomic E-state index is 12.1. The minimum absolute atomic E-state index is 0.342. The molecule has 5 heteroatoms. The highest BCUT2D eigenvalue weighted by Crippen LogP contribution is 2.36. The van der Waals surface area contributed by atoms with Gasteiger partial charge in [0.15, 0.2) is 11.5 Å². The van der Waals surface area contributed by atoms with E-state index in [9.17, 15) is 4.39 Å². The van der Waals surface area contributed by atoms with Crippen LogP contribution in [-0.4, -0.2) is 26.4 Å². The molecule has 0 aliphatic heterocycles. The van der Waals surface area contributed by atoms with E-state index in [0.29, 0.717) is 30.6 Å². The van der Waals surface area contributed by atoms with Crippen LogP contribution in [0.25, 0.3) is 0 Å². The number of benzene rings is 1. The van der Waals surface area contributed by atoms with E-state index in [1.165, 1.54) is 0 Å². The summed E-state index contributed by atoms with van der Waals surface area (Å²) in [6, 6.07) is 4.35. The molecule has 0 bridgehead atoms. The lowest BCUT2D eigenvalue weighted by atomic mass is 10.2. The van der Waals surface area contributed by atoms with Crippen LogP contribution < -0.4 is 14.8 Å². The number of halogens is 2. The molecule has 1 N–H and O–H groups in total. The monoisotopic (exact) mass is 333 g/mol. The van der Waals surface area contributed by atoms with Crippen molar-refractivity contribution in [3.05, 3.63) is 22.2 Å². The van der Waals surface area contributed by atoms with Gasteiger partial charge < -0.3 is 14.8 Å². The molecule has 0 spiro atoms. The van der Waals surface area contributed by atoms with Gasteiger partial charge in [-0.1, -0.05) is 13.8 Å². The molecule has 0 aliphatic carbocycles. The largest absolute Gasteiger partial charge is 0.493 e. The van der Waals surface area contributed by atoms with Crippen molar-refractivity contribution in [2.24, 2.45) is 0 Å². The third-order valence-corrected chi connectivity index (χ3v) is 3.12. The number of nitrogens with one attached hydrogen (secondary N) is 1. The summed E-state index contributed by atoms with van der Waals surface area (Å²) in [5, 5.41) is 3.35. The maximum atomic E-state index is 12.1. The van der Waals surface area contributed by atoms with E-state index in [1.807, 2.05) is 12.1 Å². The summed E-state index contributed by atoms with van der Waals surface area (Å²) >= 11 is 3.47. The molecule has 3 nitrogen and oxygen atoms in total. The zero-order valence-electron chi connectivity index (χ0n) is 11.6. The number of alkyl halides is 1. The van der Waals surface area contributed by atoms with Crippen molar-refractivity contribution < 1.29 is 13.9 Å². The standard InChI is InChI=1S/C14H21BrFNO2/c1-10(2)17-9-11-7-12(15)14(13(8-11)18-3)19-6-4-5-16/h7-8,10,17H,4-6,9H2,1-3H3. The summed E-state index contributed by atoms with van der Waals surface area (Å²) in [5.74, 6) is 1.29. The highest BCUT2D eigenvalue weighted by atomic mass is 79.9. The summed E-state index contributed by atoms with van der Waals surface area (Å²) in [4.78, 5) is 0. The molecule has 1 aromatic carbocycles. The number of ether oxygens (including phenoxy) is 2. The first-order valence-corrected chi connectivity index (χ1v) is 7.16. The van der Waals surface area contributed by atoms with Crippen molar-refractivity contribution in [1.29, 1.82) is 0 Å². The van der Waals surface area contributed by atoms with Gasteiger partial charge in [-0.25, -0.2) is 0 Å². The average Bonchev–Trinajstić information content (AvgIpc) is 2.38. The number of rotatable bonds is 8. The molecule has 0 amide bonds. The van der Waals surface area contributed by atoms with Crippen LogP contribution in [0.5, 0.6) is 11.5 Å². The molecule has 0 fully saturated rings. The Morgan fingerprint density at radius 1 is 1.37 bits per heavy atom. The second-order valence-electron chi connectivity index (χ2n) is 4.54. The average molecular weight is 334 g/mol. The van der Waals surface area contributed by atoms with Crippen LogP contribution in [0.2, 0.25) is 0 Å². The smallest absolute Gasteiger partial charge is 0.175 e. The van der Waals surface area contributed by atoms with Crippen molar-refractivity contribution in [3.8, 4) is 11.5 Å². The number of methoxy groups -OCH3 is 1. The molecule has 108 valence electrons. The van der Waals surface area contributed by atoms with Gasteiger partial charge in [0.05, 0.1) is 24.9 Å². The van der Waals surface area contributed by atoms with Crippen LogP contribution in [0.15, 0.2) is 16.6 Å². The molecule has 1 aromatic rings. The van der Waals surface area contributed by atoms with E-state index in [2.05, 4.69) is 35.1 Å². The fourth-order valence-corrected chi connectivity index (χ4v) is 2.17. The lowest BCUT2D eigenvalue weighted by molar-refractivity contribution is 0.272. The Labute approximate surface area is 122 Å². The van der Waals surface area contributed by atoms with Crippen LogP contribution in [0.1, 0.15) is 25.8 Å². The van der Waals surface area contributed by atoms with Gasteiger partial charge in [-0.15, -0.1) is 0 Å². The Hall–Kier alpha value is -0.810.